The van der Waals surface area contributed by atoms with Crippen molar-refractivity contribution in [2.24, 2.45) is 5.92 Å². The van der Waals surface area contributed by atoms with Crippen molar-refractivity contribution in [1.82, 2.24) is 15.5 Å². The molecule has 7 heteroatoms. The van der Waals surface area contributed by atoms with Crippen LogP contribution in [0.25, 0.3) is 0 Å². The molecule has 0 aliphatic rings. The van der Waals surface area contributed by atoms with Gasteiger partial charge in [-0.3, -0.25) is 9.59 Å². The van der Waals surface area contributed by atoms with Crippen molar-refractivity contribution >= 4 is 17.9 Å². The number of ether oxygens (including phenoxy) is 1. The largest absolute Gasteiger partial charge is 0.444 e. The number of nitrogens with zero attached hydrogens (tertiary/aromatic N) is 1. The van der Waals surface area contributed by atoms with E-state index in [1.54, 1.807) is 32.6 Å². The lowest BCUT2D eigenvalue weighted by atomic mass is 9.96. The molecule has 2 N–H and O–H groups in total. The van der Waals surface area contributed by atoms with Gasteiger partial charge < -0.3 is 20.3 Å². The van der Waals surface area contributed by atoms with Crippen molar-refractivity contribution in [2.75, 3.05) is 0 Å². The molecular formula is C32H47N3O4. The highest BCUT2D eigenvalue weighted by Gasteiger charge is 2.37. The molecule has 2 rings (SSSR count). The third-order valence-corrected chi connectivity index (χ3v) is 6.53. The third-order valence-electron chi connectivity index (χ3n) is 6.53. The molecule has 39 heavy (non-hydrogen) atoms. The van der Waals surface area contributed by atoms with Gasteiger partial charge in [0.25, 0.3) is 0 Å². The molecule has 3 amide bonds. The maximum atomic E-state index is 14.0. The number of amides is 3. The van der Waals surface area contributed by atoms with Crippen LogP contribution in [-0.4, -0.2) is 40.5 Å². The first-order valence-corrected chi connectivity index (χ1v) is 14.0. The van der Waals surface area contributed by atoms with E-state index in [0.29, 0.717) is 12.5 Å². The van der Waals surface area contributed by atoms with Crippen LogP contribution < -0.4 is 10.6 Å². The van der Waals surface area contributed by atoms with E-state index >= 15 is 0 Å². The highest BCUT2D eigenvalue weighted by molar-refractivity contribution is 5.92. The van der Waals surface area contributed by atoms with E-state index in [4.69, 9.17) is 4.74 Å². The quantitative estimate of drug-likeness (QED) is 0.339. The molecular weight excluding hydrogens is 490 g/mol. The van der Waals surface area contributed by atoms with Crippen molar-refractivity contribution in [3.05, 3.63) is 71.3 Å². The van der Waals surface area contributed by atoms with Crippen LogP contribution in [0.15, 0.2) is 54.6 Å². The number of carbonyl (C=O) groups is 3. The van der Waals surface area contributed by atoms with Crippen LogP contribution in [-0.2, 0) is 27.3 Å². The average molecular weight is 538 g/mol. The Balaban J connectivity index is 2.45. The number of carbonyl (C=O) groups excluding carboxylic acids is 3. The van der Waals surface area contributed by atoms with Crippen LogP contribution in [0.2, 0.25) is 0 Å². The van der Waals surface area contributed by atoms with E-state index < -0.39 is 23.8 Å². The first-order valence-electron chi connectivity index (χ1n) is 14.0. The predicted molar refractivity (Wildman–Crippen MR) is 156 cm³/mol. The molecule has 0 bridgehead atoms. The minimum Gasteiger partial charge on any atom is -0.444 e. The Bertz CT molecular complexity index is 1060. The molecule has 3 atom stereocenters. The Morgan fingerprint density at radius 2 is 1.49 bits per heavy atom. The molecule has 0 heterocycles. The van der Waals surface area contributed by atoms with Gasteiger partial charge in [0, 0.05) is 12.6 Å². The summed E-state index contributed by atoms with van der Waals surface area (Å²) in [4.78, 5) is 42.0. The first-order chi connectivity index (χ1) is 18.3. The summed E-state index contributed by atoms with van der Waals surface area (Å²) in [5.41, 5.74) is 2.15. The number of nitrogens with one attached hydrogen (secondary N) is 2. The minimum absolute atomic E-state index is 0.249. The highest BCUT2D eigenvalue weighted by atomic mass is 16.6. The van der Waals surface area contributed by atoms with Gasteiger partial charge in [-0.2, -0.15) is 0 Å². The van der Waals surface area contributed by atoms with E-state index in [-0.39, 0.29) is 17.9 Å². The van der Waals surface area contributed by atoms with E-state index in [9.17, 15) is 14.4 Å². The van der Waals surface area contributed by atoms with Gasteiger partial charge in [-0.25, -0.2) is 4.79 Å². The van der Waals surface area contributed by atoms with Gasteiger partial charge in [0.2, 0.25) is 11.8 Å². The van der Waals surface area contributed by atoms with Gasteiger partial charge in [0.1, 0.15) is 17.7 Å². The Morgan fingerprint density at radius 1 is 0.872 bits per heavy atom. The number of alkyl carbamates (subject to hydrolysis) is 1. The second kappa shape index (κ2) is 14.7. The van der Waals surface area contributed by atoms with Gasteiger partial charge >= 0.3 is 6.09 Å². The molecule has 0 radical (unpaired) electrons. The van der Waals surface area contributed by atoms with Gasteiger partial charge in [0.05, 0.1) is 0 Å². The van der Waals surface area contributed by atoms with E-state index in [2.05, 4.69) is 31.4 Å². The predicted octanol–water partition coefficient (Wildman–Crippen LogP) is 6.17. The maximum absolute atomic E-state index is 14.0. The van der Waals surface area contributed by atoms with Gasteiger partial charge in [0.15, 0.2) is 0 Å². The van der Waals surface area contributed by atoms with Crippen LogP contribution in [0.5, 0.6) is 0 Å². The molecule has 0 spiro atoms. The van der Waals surface area contributed by atoms with E-state index in [0.717, 1.165) is 36.0 Å². The van der Waals surface area contributed by atoms with Crippen molar-refractivity contribution in [1.29, 1.82) is 0 Å². The van der Waals surface area contributed by atoms with Crippen molar-refractivity contribution in [2.45, 2.75) is 105 Å². The van der Waals surface area contributed by atoms with Gasteiger partial charge in [-0.15, -0.1) is 0 Å². The zero-order chi connectivity index (χ0) is 29.2. The summed E-state index contributed by atoms with van der Waals surface area (Å²) in [6, 6.07) is 15.5. The van der Waals surface area contributed by atoms with Crippen LogP contribution in [0, 0.1) is 5.92 Å². The highest BCUT2D eigenvalue weighted by Crippen LogP contribution is 2.28. The lowest BCUT2D eigenvalue weighted by Crippen LogP contribution is -2.54. The monoisotopic (exact) mass is 537 g/mol. The summed E-state index contributed by atoms with van der Waals surface area (Å²) >= 11 is 0. The molecule has 0 aliphatic carbocycles. The minimum atomic E-state index is -0.888. The molecule has 3 unspecified atom stereocenters. The van der Waals surface area contributed by atoms with Gasteiger partial charge in [-0.1, -0.05) is 75.4 Å². The molecule has 2 aromatic carbocycles. The van der Waals surface area contributed by atoms with Crippen molar-refractivity contribution in [3.63, 3.8) is 0 Å². The summed E-state index contributed by atoms with van der Waals surface area (Å²) in [5.74, 6) is -0.162. The molecule has 2 aromatic rings. The molecule has 0 saturated heterocycles. The molecule has 0 saturated carbocycles. The lowest BCUT2D eigenvalue weighted by molar-refractivity contribution is -0.145. The van der Waals surface area contributed by atoms with Crippen LogP contribution in [0.3, 0.4) is 0 Å². The topological polar surface area (TPSA) is 87.7 Å². The van der Waals surface area contributed by atoms with Crippen LogP contribution in [0.1, 0.15) is 91.0 Å². The molecule has 0 fully saturated rings. The van der Waals surface area contributed by atoms with E-state index in [1.165, 1.54) is 0 Å². The first kappa shape index (κ1) is 31.9. The standard InChI is InChI=1S/C32H47N3O4/c1-9-25-17-19-27(20-18-25)28(29(36)33-21-26-13-11-10-12-14-26)35(23(4)16-15-22(2)3)30(37)24(5)34-31(38)39-32(6,7)8/h10-14,17-20,22-24,28H,9,15-16,21H2,1-8H3,(H,33,36)(H,34,38). The number of hydrogen-bond acceptors (Lipinski definition) is 4. The normalized spacial score (nSPS) is 13.8. The van der Waals surface area contributed by atoms with Gasteiger partial charge in [-0.05, 0) is 76.5 Å². The second-order valence-corrected chi connectivity index (χ2v) is 11.6. The number of rotatable bonds is 12. The Labute approximate surface area is 234 Å². The van der Waals surface area contributed by atoms with Crippen LogP contribution >= 0.6 is 0 Å². The summed E-state index contributed by atoms with van der Waals surface area (Å²) in [6.45, 7) is 15.6. The zero-order valence-corrected chi connectivity index (χ0v) is 24.9. The zero-order valence-electron chi connectivity index (χ0n) is 24.9. The van der Waals surface area contributed by atoms with Crippen molar-refractivity contribution < 1.29 is 19.1 Å². The summed E-state index contributed by atoms with van der Waals surface area (Å²) < 4.78 is 5.38. The molecule has 214 valence electrons. The fourth-order valence-electron chi connectivity index (χ4n) is 4.34. The fourth-order valence-corrected chi connectivity index (χ4v) is 4.34. The molecule has 0 aliphatic heterocycles. The van der Waals surface area contributed by atoms with Crippen LogP contribution in [0.4, 0.5) is 4.79 Å². The smallest absolute Gasteiger partial charge is 0.408 e. The maximum Gasteiger partial charge on any atom is 0.408 e. The number of aryl methyl sites for hydroxylation is 1. The number of benzene rings is 2. The Kier molecular flexibility index (Phi) is 12.0. The van der Waals surface area contributed by atoms with Crippen molar-refractivity contribution in [3.8, 4) is 0 Å². The molecule has 0 aromatic heterocycles. The Hall–Kier alpha value is -3.35. The van der Waals surface area contributed by atoms with E-state index in [1.807, 2.05) is 61.5 Å². The second-order valence-electron chi connectivity index (χ2n) is 11.6. The SMILES string of the molecule is CCc1ccc(C(C(=O)NCc2ccccc2)N(C(=O)C(C)NC(=O)OC(C)(C)C)C(C)CCC(C)C)cc1. The fraction of sp³-hybridized carbons (Fsp3) is 0.531. The average Bonchev–Trinajstić information content (AvgIpc) is 2.88. The summed E-state index contributed by atoms with van der Waals surface area (Å²) in [5, 5.41) is 5.72. The summed E-state index contributed by atoms with van der Waals surface area (Å²) in [6.07, 6.45) is 1.81. The summed E-state index contributed by atoms with van der Waals surface area (Å²) in [7, 11) is 0. The molecule has 7 nitrogen and oxygen atoms in total. The third kappa shape index (κ3) is 10.4. The lowest BCUT2D eigenvalue weighted by Gasteiger charge is -2.38. The Morgan fingerprint density at radius 3 is 2.03 bits per heavy atom. The number of hydrogen-bond donors (Lipinski definition) is 2.